The van der Waals surface area contributed by atoms with Gasteiger partial charge in [-0.05, 0) is 62.1 Å². The number of carbonyl (C=O) groups excluding carboxylic acids is 1. The molecule has 2 heterocycles. The zero-order valence-electron chi connectivity index (χ0n) is 17.2. The molecule has 0 radical (unpaired) electrons. The third-order valence-corrected chi connectivity index (χ3v) is 6.42. The Bertz CT molecular complexity index is 1120. The number of rotatable bonds is 3. The molecule has 1 aliphatic heterocycles. The summed E-state index contributed by atoms with van der Waals surface area (Å²) < 4.78 is 13.2. The van der Waals surface area contributed by atoms with Crippen molar-refractivity contribution < 1.29 is 14.3 Å². The number of hydrogen-bond donors (Lipinski definition) is 0. The zero-order chi connectivity index (χ0) is 20.1. The molecule has 0 unspecified atom stereocenters. The van der Waals surface area contributed by atoms with Crippen LogP contribution in [0.15, 0.2) is 36.4 Å². The van der Waals surface area contributed by atoms with Gasteiger partial charge in [0.25, 0.3) is 5.91 Å². The number of amides is 1. The average molecular weight is 390 g/mol. The van der Waals surface area contributed by atoms with Crippen LogP contribution in [0, 0.1) is 6.92 Å². The topological polar surface area (TPSA) is 43.7 Å². The molecule has 29 heavy (non-hydrogen) atoms. The van der Waals surface area contributed by atoms with E-state index in [0.29, 0.717) is 17.1 Å². The maximum Gasteiger partial charge on any atom is 0.254 e. The maximum absolute atomic E-state index is 13.5. The third kappa shape index (κ3) is 2.71. The lowest BCUT2D eigenvalue weighted by Gasteiger charge is -2.40. The van der Waals surface area contributed by atoms with Gasteiger partial charge < -0.3 is 18.9 Å². The minimum absolute atomic E-state index is 0.0662. The monoisotopic (exact) mass is 390 g/mol. The van der Waals surface area contributed by atoms with Crippen LogP contribution in [-0.4, -0.2) is 36.1 Å². The number of benzene rings is 2. The molecule has 0 spiro atoms. The van der Waals surface area contributed by atoms with Crippen molar-refractivity contribution in [1.29, 1.82) is 0 Å². The standard InChI is InChI=1S/C24H26N2O3/c1-15-7-9-19-18(13-15)17-5-4-6-20-23(17)25(19)11-12-26(20)24(27)16-8-10-21(28-2)22(14-16)29-3/h7-10,13-14,20H,4-6,11-12H2,1-3H3/t20-/m1/s1. The van der Waals surface area contributed by atoms with E-state index in [1.54, 1.807) is 20.3 Å². The van der Waals surface area contributed by atoms with Crippen LogP contribution in [0.4, 0.5) is 0 Å². The van der Waals surface area contributed by atoms with Gasteiger partial charge in [-0.25, -0.2) is 0 Å². The average Bonchev–Trinajstić information content (AvgIpc) is 3.07. The van der Waals surface area contributed by atoms with Crippen LogP contribution in [0.25, 0.3) is 10.9 Å². The van der Waals surface area contributed by atoms with Gasteiger partial charge in [-0.2, -0.15) is 0 Å². The fourth-order valence-corrected chi connectivity index (χ4v) is 5.10. The Hall–Kier alpha value is -2.95. The number of methoxy groups -OCH3 is 2. The second kappa shape index (κ2) is 6.83. The molecule has 0 bridgehead atoms. The highest BCUT2D eigenvalue weighted by Gasteiger charge is 2.37. The zero-order valence-corrected chi connectivity index (χ0v) is 17.2. The van der Waals surface area contributed by atoms with E-state index in [1.165, 1.54) is 27.7 Å². The maximum atomic E-state index is 13.5. The first kappa shape index (κ1) is 18.1. The first-order valence-electron chi connectivity index (χ1n) is 10.3. The predicted octanol–water partition coefficient (Wildman–Crippen LogP) is 4.50. The highest BCUT2D eigenvalue weighted by atomic mass is 16.5. The lowest BCUT2D eigenvalue weighted by atomic mass is 9.89. The largest absolute Gasteiger partial charge is 0.493 e. The van der Waals surface area contributed by atoms with E-state index >= 15 is 0 Å². The molecule has 5 nitrogen and oxygen atoms in total. The SMILES string of the molecule is COc1ccc(C(=O)N2CCn3c4c(c5cc(C)ccc53)CCC[C@H]42)cc1OC. The van der Waals surface area contributed by atoms with Gasteiger partial charge in [-0.15, -0.1) is 0 Å². The summed E-state index contributed by atoms with van der Waals surface area (Å²) in [6.45, 7) is 3.71. The second-order valence-corrected chi connectivity index (χ2v) is 8.01. The predicted molar refractivity (Wildman–Crippen MR) is 113 cm³/mol. The molecule has 3 aromatic rings. The lowest BCUT2D eigenvalue weighted by molar-refractivity contribution is 0.0601. The van der Waals surface area contributed by atoms with Crippen molar-refractivity contribution >= 4 is 16.8 Å². The normalized spacial score (nSPS) is 17.9. The van der Waals surface area contributed by atoms with Crippen molar-refractivity contribution in [3.8, 4) is 11.5 Å². The molecule has 1 amide bonds. The molecule has 0 saturated heterocycles. The van der Waals surface area contributed by atoms with Gasteiger partial charge in [0, 0.05) is 35.2 Å². The summed E-state index contributed by atoms with van der Waals surface area (Å²) in [6.07, 6.45) is 3.22. The molecular formula is C24H26N2O3. The lowest BCUT2D eigenvalue weighted by Crippen LogP contribution is -2.43. The van der Waals surface area contributed by atoms with Crippen LogP contribution >= 0.6 is 0 Å². The van der Waals surface area contributed by atoms with Gasteiger partial charge in [0.2, 0.25) is 0 Å². The van der Waals surface area contributed by atoms with Crippen molar-refractivity contribution in [2.24, 2.45) is 0 Å². The highest BCUT2D eigenvalue weighted by molar-refractivity contribution is 5.96. The van der Waals surface area contributed by atoms with E-state index in [9.17, 15) is 4.79 Å². The summed E-state index contributed by atoms with van der Waals surface area (Å²) >= 11 is 0. The number of aryl methyl sites for hydroxylation is 2. The molecule has 0 N–H and O–H groups in total. The minimum Gasteiger partial charge on any atom is -0.493 e. The fourth-order valence-electron chi connectivity index (χ4n) is 5.10. The van der Waals surface area contributed by atoms with Crippen LogP contribution < -0.4 is 9.47 Å². The number of carbonyl (C=O) groups is 1. The van der Waals surface area contributed by atoms with E-state index in [1.807, 2.05) is 12.1 Å². The first-order chi connectivity index (χ1) is 14.1. The molecule has 2 aliphatic rings. The van der Waals surface area contributed by atoms with Crippen molar-refractivity contribution in [2.75, 3.05) is 20.8 Å². The molecule has 2 aromatic carbocycles. The molecule has 1 aromatic heterocycles. The van der Waals surface area contributed by atoms with Gasteiger partial charge >= 0.3 is 0 Å². The summed E-state index contributed by atoms with van der Waals surface area (Å²) in [5, 5.41) is 1.37. The first-order valence-corrected chi connectivity index (χ1v) is 10.3. The number of ether oxygens (including phenoxy) is 2. The van der Waals surface area contributed by atoms with Crippen LogP contribution in [0.5, 0.6) is 11.5 Å². The number of fused-ring (bicyclic) bond motifs is 3. The summed E-state index contributed by atoms with van der Waals surface area (Å²) in [5.74, 6) is 1.29. The van der Waals surface area contributed by atoms with E-state index in [0.717, 1.165) is 32.4 Å². The van der Waals surface area contributed by atoms with Crippen LogP contribution in [0.3, 0.4) is 0 Å². The molecule has 150 valence electrons. The Morgan fingerprint density at radius 3 is 2.66 bits per heavy atom. The Kier molecular flexibility index (Phi) is 4.26. The summed E-state index contributed by atoms with van der Waals surface area (Å²) in [4.78, 5) is 15.5. The van der Waals surface area contributed by atoms with Gasteiger partial charge in [0.1, 0.15) is 0 Å². The third-order valence-electron chi connectivity index (χ3n) is 6.42. The van der Waals surface area contributed by atoms with Crippen LogP contribution in [-0.2, 0) is 13.0 Å². The molecule has 1 atom stereocenters. The second-order valence-electron chi connectivity index (χ2n) is 8.01. The number of hydrogen-bond acceptors (Lipinski definition) is 3. The molecule has 0 saturated carbocycles. The Labute approximate surface area is 170 Å². The van der Waals surface area contributed by atoms with Gasteiger partial charge in [0.05, 0.1) is 20.3 Å². The van der Waals surface area contributed by atoms with Crippen molar-refractivity contribution in [1.82, 2.24) is 9.47 Å². The number of nitrogens with zero attached hydrogens (tertiary/aromatic N) is 2. The molecule has 1 aliphatic carbocycles. The fraction of sp³-hybridized carbons (Fsp3) is 0.375. The molecular weight excluding hydrogens is 364 g/mol. The van der Waals surface area contributed by atoms with Gasteiger partial charge in [0.15, 0.2) is 11.5 Å². The number of aromatic nitrogens is 1. The minimum atomic E-state index is 0.0662. The van der Waals surface area contributed by atoms with Crippen LogP contribution in [0.2, 0.25) is 0 Å². The van der Waals surface area contributed by atoms with Gasteiger partial charge in [-0.3, -0.25) is 4.79 Å². The van der Waals surface area contributed by atoms with Crippen molar-refractivity contribution in [2.45, 2.75) is 38.8 Å². The van der Waals surface area contributed by atoms with E-state index in [-0.39, 0.29) is 11.9 Å². The molecule has 5 heteroatoms. The van der Waals surface area contributed by atoms with E-state index in [4.69, 9.17) is 9.47 Å². The Morgan fingerprint density at radius 2 is 1.86 bits per heavy atom. The summed E-state index contributed by atoms with van der Waals surface area (Å²) in [5.41, 5.74) is 6.03. The molecule has 5 rings (SSSR count). The quantitative estimate of drug-likeness (QED) is 0.661. The van der Waals surface area contributed by atoms with Crippen molar-refractivity contribution in [3.63, 3.8) is 0 Å². The van der Waals surface area contributed by atoms with Gasteiger partial charge in [-0.1, -0.05) is 11.6 Å². The highest BCUT2D eigenvalue weighted by Crippen LogP contribution is 2.43. The van der Waals surface area contributed by atoms with Crippen molar-refractivity contribution in [3.05, 3.63) is 58.8 Å². The van der Waals surface area contributed by atoms with E-state index < -0.39 is 0 Å². The van der Waals surface area contributed by atoms with Crippen LogP contribution in [0.1, 0.15) is 46.1 Å². The smallest absolute Gasteiger partial charge is 0.254 e. The molecule has 0 fully saturated rings. The summed E-state index contributed by atoms with van der Waals surface area (Å²) in [7, 11) is 3.20. The Balaban J connectivity index is 1.56. The summed E-state index contributed by atoms with van der Waals surface area (Å²) in [6, 6.07) is 12.3. The van der Waals surface area contributed by atoms with E-state index in [2.05, 4.69) is 34.6 Å². The Morgan fingerprint density at radius 1 is 1.03 bits per heavy atom.